The molecule has 0 amide bonds. The Bertz CT molecular complexity index is 849. The van der Waals surface area contributed by atoms with Gasteiger partial charge in [-0.25, -0.2) is 9.18 Å². The first kappa shape index (κ1) is 19.0. The molecule has 0 N–H and O–H groups in total. The third-order valence-corrected chi connectivity index (χ3v) is 3.67. The largest absolute Gasteiger partial charge is 0.451 e. The Balaban J connectivity index is 2.18. The predicted octanol–water partition coefficient (Wildman–Crippen LogP) is 3.23. The molecule has 2 rings (SSSR count). The molecule has 7 nitrogen and oxygen atoms in total. The van der Waals surface area contributed by atoms with Crippen LogP contribution >= 0.6 is 0 Å². The number of halogens is 1. The molecule has 0 aromatic heterocycles. The number of benzene rings is 2. The number of nitrogens with zero attached hydrogens (tertiary/aromatic N) is 2. The van der Waals surface area contributed by atoms with Crippen molar-refractivity contribution < 1.29 is 23.6 Å². The van der Waals surface area contributed by atoms with Gasteiger partial charge in [-0.2, -0.15) is 0 Å². The standard InChI is InChI=1S/C18H17FN2O5/c1-11(17(22)12-4-7-14(19)8-5-12)26-18(23)13-6-9-15(20(2)3)16(10-13)21(24)25/h4-11H,1-3H3/t11-/m0/s1. The van der Waals surface area contributed by atoms with Crippen molar-refractivity contribution in [1.82, 2.24) is 0 Å². The van der Waals surface area contributed by atoms with Crippen LogP contribution in [0.4, 0.5) is 15.8 Å². The molecule has 0 spiro atoms. The number of ether oxygens (including phenoxy) is 1. The molecule has 2 aromatic carbocycles. The maximum atomic E-state index is 12.9. The summed E-state index contributed by atoms with van der Waals surface area (Å²) in [6.07, 6.45) is -1.12. The monoisotopic (exact) mass is 360 g/mol. The highest BCUT2D eigenvalue weighted by molar-refractivity contribution is 6.01. The van der Waals surface area contributed by atoms with Crippen molar-refractivity contribution in [2.24, 2.45) is 0 Å². The molecule has 0 aliphatic carbocycles. The van der Waals surface area contributed by atoms with Gasteiger partial charge in [-0.1, -0.05) is 0 Å². The first-order valence-electron chi connectivity index (χ1n) is 7.67. The van der Waals surface area contributed by atoms with E-state index in [1.54, 1.807) is 19.0 Å². The molecule has 2 aromatic rings. The number of nitro groups is 1. The second-order valence-electron chi connectivity index (χ2n) is 5.77. The number of carbonyl (C=O) groups excluding carboxylic acids is 2. The minimum atomic E-state index is -1.12. The summed E-state index contributed by atoms with van der Waals surface area (Å²) in [4.78, 5) is 36.6. The van der Waals surface area contributed by atoms with Crippen molar-refractivity contribution in [3.05, 3.63) is 69.5 Å². The average Bonchev–Trinajstić information content (AvgIpc) is 2.60. The second-order valence-corrected chi connectivity index (χ2v) is 5.77. The quantitative estimate of drug-likeness (QED) is 0.340. The fourth-order valence-corrected chi connectivity index (χ4v) is 2.31. The summed E-state index contributed by atoms with van der Waals surface area (Å²) in [5, 5.41) is 11.2. The average molecular weight is 360 g/mol. The van der Waals surface area contributed by atoms with Crippen molar-refractivity contribution in [3.63, 3.8) is 0 Å². The van der Waals surface area contributed by atoms with Gasteiger partial charge in [0.05, 0.1) is 10.5 Å². The van der Waals surface area contributed by atoms with Crippen LogP contribution in [0.2, 0.25) is 0 Å². The van der Waals surface area contributed by atoms with E-state index in [-0.39, 0.29) is 16.8 Å². The van der Waals surface area contributed by atoms with Crippen molar-refractivity contribution in [1.29, 1.82) is 0 Å². The van der Waals surface area contributed by atoms with E-state index in [0.717, 1.165) is 18.2 Å². The summed E-state index contributed by atoms with van der Waals surface area (Å²) in [7, 11) is 3.29. The number of carbonyl (C=O) groups is 2. The molecule has 136 valence electrons. The molecular weight excluding hydrogens is 343 g/mol. The summed E-state index contributed by atoms with van der Waals surface area (Å²) < 4.78 is 18.0. The van der Waals surface area contributed by atoms with E-state index in [1.807, 2.05) is 0 Å². The first-order chi connectivity index (χ1) is 12.2. The number of hydrogen-bond acceptors (Lipinski definition) is 6. The van der Waals surface area contributed by atoms with Gasteiger partial charge in [-0.15, -0.1) is 0 Å². The molecule has 0 radical (unpaired) electrons. The molecule has 0 bridgehead atoms. The highest BCUT2D eigenvalue weighted by atomic mass is 19.1. The minimum absolute atomic E-state index is 0.0407. The van der Waals surface area contributed by atoms with Crippen LogP contribution in [0.1, 0.15) is 27.6 Å². The number of nitro benzene ring substituents is 1. The molecule has 8 heteroatoms. The second kappa shape index (κ2) is 7.73. The van der Waals surface area contributed by atoms with E-state index in [9.17, 15) is 24.1 Å². The van der Waals surface area contributed by atoms with Crippen LogP contribution in [0.3, 0.4) is 0 Å². The highest BCUT2D eigenvalue weighted by Gasteiger charge is 2.23. The van der Waals surface area contributed by atoms with Crippen LogP contribution in [0, 0.1) is 15.9 Å². The molecule has 0 saturated carbocycles. The van der Waals surface area contributed by atoms with E-state index < -0.39 is 28.6 Å². The number of anilines is 1. The normalized spacial score (nSPS) is 11.5. The molecule has 0 aliphatic rings. The van der Waals surface area contributed by atoms with Gasteiger partial charge < -0.3 is 9.64 Å². The van der Waals surface area contributed by atoms with Crippen molar-refractivity contribution in [2.45, 2.75) is 13.0 Å². The SMILES string of the molecule is C[C@H](OC(=O)c1ccc(N(C)C)c([N+](=O)[O-])c1)C(=O)c1ccc(F)cc1. The maximum absolute atomic E-state index is 12.9. The number of ketones is 1. The maximum Gasteiger partial charge on any atom is 0.339 e. The van der Waals surface area contributed by atoms with Crippen LogP contribution in [-0.2, 0) is 4.74 Å². The van der Waals surface area contributed by atoms with Crippen LogP contribution in [0.15, 0.2) is 42.5 Å². The van der Waals surface area contributed by atoms with Gasteiger partial charge in [-0.05, 0) is 43.3 Å². The van der Waals surface area contributed by atoms with E-state index in [4.69, 9.17) is 4.74 Å². The molecule has 0 fully saturated rings. The molecule has 0 saturated heterocycles. The Morgan fingerprint density at radius 2 is 1.69 bits per heavy atom. The van der Waals surface area contributed by atoms with Crippen LogP contribution in [0.5, 0.6) is 0 Å². The summed E-state index contributed by atoms with van der Waals surface area (Å²) >= 11 is 0. The van der Waals surface area contributed by atoms with Crippen LogP contribution in [0.25, 0.3) is 0 Å². The van der Waals surface area contributed by atoms with E-state index in [0.29, 0.717) is 5.69 Å². The number of hydrogen-bond donors (Lipinski definition) is 0. The third-order valence-electron chi connectivity index (χ3n) is 3.67. The number of esters is 1. The van der Waals surface area contributed by atoms with Gasteiger partial charge in [0, 0.05) is 25.7 Å². The minimum Gasteiger partial charge on any atom is -0.451 e. The van der Waals surface area contributed by atoms with E-state index in [1.165, 1.54) is 31.2 Å². The Morgan fingerprint density at radius 3 is 2.23 bits per heavy atom. The number of Topliss-reactive ketones (excluding diaryl/α,β-unsaturated/α-hetero) is 1. The summed E-state index contributed by atoms with van der Waals surface area (Å²) in [6.45, 7) is 1.38. The lowest BCUT2D eigenvalue weighted by Gasteiger charge is -2.15. The Hall–Kier alpha value is -3.29. The Morgan fingerprint density at radius 1 is 1.12 bits per heavy atom. The van der Waals surface area contributed by atoms with Gasteiger partial charge in [0.15, 0.2) is 6.10 Å². The lowest BCUT2D eigenvalue weighted by molar-refractivity contribution is -0.384. The number of rotatable bonds is 6. The lowest BCUT2D eigenvalue weighted by atomic mass is 10.1. The first-order valence-corrected chi connectivity index (χ1v) is 7.67. The molecule has 1 atom stereocenters. The zero-order chi connectivity index (χ0) is 19.4. The Kier molecular flexibility index (Phi) is 5.66. The van der Waals surface area contributed by atoms with Gasteiger partial charge >= 0.3 is 5.97 Å². The zero-order valence-corrected chi connectivity index (χ0v) is 14.4. The summed E-state index contributed by atoms with van der Waals surface area (Å²) in [5.41, 5.74) is 0.241. The van der Waals surface area contributed by atoms with Crippen molar-refractivity contribution in [2.75, 3.05) is 19.0 Å². The predicted molar refractivity (Wildman–Crippen MR) is 93.0 cm³/mol. The van der Waals surface area contributed by atoms with Gasteiger partial charge in [0.25, 0.3) is 5.69 Å². The highest BCUT2D eigenvalue weighted by Crippen LogP contribution is 2.28. The van der Waals surface area contributed by atoms with Crippen LogP contribution in [-0.4, -0.2) is 36.9 Å². The van der Waals surface area contributed by atoms with Crippen LogP contribution < -0.4 is 4.90 Å². The third kappa shape index (κ3) is 4.21. The fourth-order valence-electron chi connectivity index (χ4n) is 2.31. The van der Waals surface area contributed by atoms with Crippen molar-refractivity contribution in [3.8, 4) is 0 Å². The van der Waals surface area contributed by atoms with E-state index in [2.05, 4.69) is 0 Å². The zero-order valence-electron chi connectivity index (χ0n) is 14.4. The topological polar surface area (TPSA) is 89.8 Å². The lowest BCUT2D eigenvalue weighted by Crippen LogP contribution is -2.24. The fraction of sp³-hybridized carbons (Fsp3) is 0.222. The molecule has 26 heavy (non-hydrogen) atoms. The summed E-state index contributed by atoms with van der Waals surface area (Å²) in [5.74, 6) is -1.85. The van der Waals surface area contributed by atoms with Gasteiger partial charge in [-0.3, -0.25) is 14.9 Å². The Labute approximate surface area is 149 Å². The molecule has 0 aliphatic heterocycles. The smallest absolute Gasteiger partial charge is 0.339 e. The van der Waals surface area contributed by atoms with Crippen molar-refractivity contribution >= 4 is 23.1 Å². The van der Waals surface area contributed by atoms with Gasteiger partial charge in [0.2, 0.25) is 5.78 Å². The summed E-state index contributed by atoms with van der Waals surface area (Å²) in [6, 6.07) is 8.77. The molecule has 0 unspecified atom stereocenters. The van der Waals surface area contributed by atoms with E-state index >= 15 is 0 Å². The molecular formula is C18H17FN2O5. The molecule has 0 heterocycles. The van der Waals surface area contributed by atoms with Gasteiger partial charge in [0.1, 0.15) is 11.5 Å².